The minimum Gasteiger partial charge on any atom is -0.448 e. The first-order valence-corrected chi connectivity index (χ1v) is 10.3. The van der Waals surface area contributed by atoms with Crippen LogP contribution in [0.3, 0.4) is 0 Å². The van der Waals surface area contributed by atoms with Crippen LogP contribution in [0.5, 0.6) is 0 Å². The summed E-state index contributed by atoms with van der Waals surface area (Å²) in [6, 6.07) is 9.46. The standard InChI is InChI=1S/C22H26N4O4/c1-3-11-25-20(28)22(26(21(25)29)14-17-7-5-4-6-8-17)9-12-24(13-10-22)19(27)18-16(2)30-15-23-18/h4-8,15H,3,9-14H2,1-2H3. The van der Waals surface area contributed by atoms with Crippen LogP contribution in [-0.4, -0.2) is 62.7 Å². The van der Waals surface area contributed by atoms with E-state index < -0.39 is 5.54 Å². The van der Waals surface area contributed by atoms with Gasteiger partial charge in [0.1, 0.15) is 11.3 Å². The lowest BCUT2D eigenvalue weighted by Gasteiger charge is -2.42. The fraction of sp³-hybridized carbons (Fsp3) is 0.455. The van der Waals surface area contributed by atoms with Crippen LogP contribution in [0.25, 0.3) is 0 Å². The highest BCUT2D eigenvalue weighted by Gasteiger charge is 2.57. The van der Waals surface area contributed by atoms with Gasteiger partial charge in [-0.1, -0.05) is 37.3 Å². The van der Waals surface area contributed by atoms with Gasteiger partial charge in [0.15, 0.2) is 12.1 Å². The maximum absolute atomic E-state index is 13.4. The molecule has 0 radical (unpaired) electrons. The minimum atomic E-state index is -0.905. The fourth-order valence-corrected chi connectivity index (χ4v) is 4.41. The smallest absolute Gasteiger partial charge is 0.327 e. The SMILES string of the molecule is CCCN1C(=O)N(Cc2ccccc2)C2(CCN(C(=O)c3ncoc3C)CC2)C1=O. The quantitative estimate of drug-likeness (QED) is 0.708. The Labute approximate surface area is 175 Å². The second kappa shape index (κ2) is 7.93. The van der Waals surface area contributed by atoms with Crippen molar-refractivity contribution in [1.82, 2.24) is 19.7 Å². The van der Waals surface area contributed by atoms with E-state index in [2.05, 4.69) is 4.98 Å². The Hall–Kier alpha value is -3.16. The first-order chi connectivity index (χ1) is 14.5. The molecule has 4 rings (SSSR count). The van der Waals surface area contributed by atoms with Crippen molar-refractivity contribution in [3.63, 3.8) is 0 Å². The molecule has 0 bridgehead atoms. The molecule has 8 nitrogen and oxygen atoms in total. The van der Waals surface area contributed by atoms with Gasteiger partial charge < -0.3 is 14.2 Å². The van der Waals surface area contributed by atoms with E-state index in [1.165, 1.54) is 11.3 Å². The molecule has 30 heavy (non-hydrogen) atoms. The molecule has 0 N–H and O–H groups in total. The number of hydrogen-bond acceptors (Lipinski definition) is 5. The van der Waals surface area contributed by atoms with Gasteiger partial charge in [-0.05, 0) is 31.7 Å². The van der Waals surface area contributed by atoms with Crippen molar-refractivity contribution in [2.45, 2.75) is 45.2 Å². The second-order valence-electron chi connectivity index (χ2n) is 7.89. The predicted molar refractivity (Wildman–Crippen MR) is 108 cm³/mol. The molecule has 2 saturated heterocycles. The van der Waals surface area contributed by atoms with E-state index in [9.17, 15) is 14.4 Å². The minimum absolute atomic E-state index is 0.144. The van der Waals surface area contributed by atoms with Crippen LogP contribution in [0.4, 0.5) is 4.79 Å². The molecule has 8 heteroatoms. The Balaban J connectivity index is 1.58. The lowest BCUT2D eigenvalue weighted by Crippen LogP contribution is -2.57. The van der Waals surface area contributed by atoms with Crippen molar-refractivity contribution in [3.05, 3.63) is 53.7 Å². The predicted octanol–water partition coefficient (Wildman–Crippen LogP) is 2.83. The Bertz CT molecular complexity index is 947. The molecule has 1 spiro atoms. The number of piperidine rings is 1. The molecule has 1 aromatic carbocycles. The normalized spacial score (nSPS) is 18.5. The molecule has 2 aliphatic heterocycles. The molecule has 1 aromatic heterocycles. The topological polar surface area (TPSA) is 87.0 Å². The molecule has 2 aromatic rings. The Kier molecular flexibility index (Phi) is 5.32. The molecule has 0 unspecified atom stereocenters. The molecular formula is C22H26N4O4. The van der Waals surface area contributed by atoms with Crippen LogP contribution in [0.2, 0.25) is 0 Å². The zero-order valence-corrected chi connectivity index (χ0v) is 17.3. The zero-order valence-electron chi connectivity index (χ0n) is 17.3. The monoisotopic (exact) mass is 410 g/mol. The summed E-state index contributed by atoms with van der Waals surface area (Å²) in [7, 11) is 0. The van der Waals surface area contributed by atoms with Gasteiger partial charge in [-0.3, -0.25) is 14.5 Å². The number of rotatable bonds is 5. The number of imide groups is 1. The fourth-order valence-electron chi connectivity index (χ4n) is 4.41. The highest BCUT2D eigenvalue weighted by atomic mass is 16.3. The number of oxazole rings is 1. The van der Waals surface area contributed by atoms with Gasteiger partial charge in [-0.2, -0.15) is 0 Å². The van der Waals surface area contributed by atoms with E-state index in [0.717, 1.165) is 5.56 Å². The maximum atomic E-state index is 13.4. The lowest BCUT2D eigenvalue weighted by molar-refractivity contribution is -0.135. The molecule has 2 fully saturated rings. The summed E-state index contributed by atoms with van der Waals surface area (Å²) in [6.45, 7) is 5.21. The number of benzene rings is 1. The first kappa shape index (κ1) is 20.1. The second-order valence-corrected chi connectivity index (χ2v) is 7.89. The number of hydrogen-bond donors (Lipinski definition) is 0. The summed E-state index contributed by atoms with van der Waals surface area (Å²) in [5.41, 5.74) is 0.374. The van der Waals surface area contributed by atoms with Crippen molar-refractivity contribution in [2.75, 3.05) is 19.6 Å². The summed E-state index contributed by atoms with van der Waals surface area (Å²) in [5.74, 6) is 0.134. The summed E-state index contributed by atoms with van der Waals surface area (Å²) >= 11 is 0. The summed E-state index contributed by atoms with van der Waals surface area (Å²) in [4.78, 5) is 48.1. The van der Waals surface area contributed by atoms with Crippen LogP contribution in [0, 0.1) is 6.92 Å². The number of carbonyl (C=O) groups excluding carboxylic acids is 3. The lowest BCUT2D eigenvalue weighted by atomic mass is 9.85. The van der Waals surface area contributed by atoms with E-state index in [-0.39, 0.29) is 17.8 Å². The number of carbonyl (C=O) groups is 3. The molecule has 0 atom stereocenters. The summed E-state index contributed by atoms with van der Waals surface area (Å²) in [5, 5.41) is 0. The van der Waals surface area contributed by atoms with Crippen molar-refractivity contribution in [3.8, 4) is 0 Å². The largest absolute Gasteiger partial charge is 0.448 e. The van der Waals surface area contributed by atoms with Crippen LogP contribution >= 0.6 is 0 Å². The summed E-state index contributed by atoms with van der Waals surface area (Å²) in [6.07, 6.45) is 2.79. The van der Waals surface area contributed by atoms with Crippen LogP contribution < -0.4 is 0 Å². The van der Waals surface area contributed by atoms with Crippen LogP contribution in [-0.2, 0) is 11.3 Å². The van der Waals surface area contributed by atoms with Crippen molar-refractivity contribution in [1.29, 1.82) is 0 Å². The van der Waals surface area contributed by atoms with Gasteiger partial charge in [0, 0.05) is 26.2 Å². The molecule has 3 heterocycles. The van der Waals surface area contributed by atoms with Gasteiger partial charge in [0.2, 0.25) is 0 Å². The van der Waals surface area contributed by atoms with Crippen LogP contribution in [0.1, 0.15) is 48.0 Å². The van der Waals surface area contributed by atoms with Crippen molar-refractivity contribution < 1.29 is 18.8 Å². The Morgan fingerprint density at radius 3 is 2.47 bits per heavy atom. The third-order valence-corrected chi connectivity index (χ3v) is 6.08. The number of likely N-dealkylation sites (tertiary alicyclic amines) is 1. The van der Waals surface area contributed by atoms with Crippen molar-refractivity contribution >= 4 is 17.8 Å². The van der Waals surface area contributed by atoms with Gasteiger partial charge in [-0.15, -0.1) is 0 Å². The maximum Gasteiger partial charge on any atom is 0.327 e. The number of urea groups is 1. The van der Waals surface area contributed by atoms with Crippen LogP contribution in [0.15, 0.2) is 41.1 Å². The molecule has 0 saturated carbocycles. The first-order valence-electron chi connectivity index (χ1n) is 10.3. The molecule has 158 valence electrons. The van der Waals surface area contributed by atoms with Gasteiger partial charge >= 0.3 is 6.03 Å². The van der Waals surface area contributed by atoms with E-state index in [4.69, 9.17) is 4.42 Å². The van der Waals surface area contributed by atoms with Gasteiger partial charge in [0.25, 0.3) is 11.8 Å². The average molecular weight is 410 g/mol. The van der Waals surface area contributed by atoms with E-state index >= 15 is 0 Å². The Morgan fingerprint density at radius 2 is 1.87 bits per heavy atom. The highest BCUT2D eigenvalue weighted by molar-refractivity contribution is 6.07. The average Bonchev–Trinajstić information content (AvgIpc) is 3.27. The number of aromatic nitrogens is 1. The number of amides is 4. The van der Waals surface area contributed by atoms with Crippen molar-refractivity contribution in [2.24, 2.45) is 0 Å². The molecule has 2 aliphatic rings. The van der Waals surface area contributed by atoms with E-state index in [0.29, 0.717) is 56.9 Å². The van der Waals surface area contributed by atoms with E-state index in [1.807, 2.05) is 37.3 Å². The summed E-state index contributed by atoms with van der Waals surface area (Å²) < 4.78 is 5.15. The third-order valence-electron chi connectivity index (χ3n) is 6.08. The molecule has 0 aliphatic carbocycles. The third kappa shape index (κ3) is 3.26. The number of nitrogens with zero attached hydrogens (tertiary/aromatic N) is 4. The zero-order chi connectivity index (χ0) is 21.3. The van der Waals surface area contributed by atoms with Gasteiger partial charge in [0.05, 0.1) is 0 Å². The van der Waals surface area contributed by atoms with Gasteiger partial charge in [-0.25, -0.2) is 9.78 Å². The highest BCUT2D eigenvalue weighted by Crippen LogP contribution is 2.38. The number of aryl methyl sites for hydroxylation is 1. The molecular weight excluding hydrogens is 384 g/mol. The van der Waals surface area contributed by atoms with E-state index in [1.54, 1.807) is 16.7 Å². The Morgan fingerprint density at radius 1 is 1.17 bits per heavy atom. The molecule has 4 amide bonds.